The van der Waals surface area contributed by atoms with E-state index in [-0.39, 0.29) is 11.0 Å². The Hall–Kier alpha value is -3.94. The lowest BCUT2D eigenvalue weighted by Crippen LogP contribution is -2.47. The monoisotopic (exact) mass is 934 g/mol. The third-order valence-corrected chi connectivity index (χ3v) is 16.0. The summed E-state index contributed by atoms with van der Waals surface area (Å²) in [6, 6.07) is 17.6. The minimum absolute atomic E-state index is 0.0150. The number of benzene rings is 3. The minimum atomic E-state index is -6.05. The van der Waals surface area contributed by atoms with Crippen molar-refractivity contribution in [3.8, 4) is 0 Å². The first-order valence-electron chi connectivity index (χ1n) is 21.3. The van der Waals surface area contributed by atoms with Gasteiger partial charge in [0, 0.05) is 99.8 Å². The first-order valence-corrected chi connectivity index (χ1v) is 25.2. The van der Waals surface area contributed by atoms with Gasteiger partial charge in [-0.05, 0) is 96.8 Å². The molecule has 0 bridgehead atoms. The molecule has 18 heteroatoms. The lowest BCUT2D eigenvalue weighted by atomic mass is 9.72. The van der Waals surface area contributed by atoms with Gasteiger partial charge in [-0.15, -0.1) is 11.8 Å². The molecule has 3 N–H and O–H groups in total. The zero-order valence-corrected chi connectivity index (χ0v) is 38.3. The van der Waals surface area contributed by atoms with Gasteiger partial charge in [0.2, 0.25) is 0 Å². The van der Waals surface area contributed by atoms with Gasteiger partial charge >= 0.3 is 5.51 Å². The van der Waals surface area contributed by atoms with Gasteiger partial charge in [-0.2, -0.15) is 13.2 Å². The molecule has 1 aliphatic carbocycles. The second kappa shape index (κ2) is 20.9. The Bertz CT molecular complexity index is 2310. The number of hydrogen-bond donors (Lipinski definition) is 3. The van der Waals surface area contributed by atoms with Crippen molar-refractivity contribution in [3.05, 3.63) is 102 Å². The number of nitrogens with one attached hydrogen (secondary N) is 3. The van der Waals surface area contributed by atoms with Gasteiger partial charge in [-0.3, -0.25) is 14.1 Å². The Labute approximate surface area is 373 Å². The molecule has 2 fully saturated rings. The van der Waals surface area contributed by atoms with Crippen LogP contribution in [-0.2, 0) is 19.9 Å². The third-order valence-electron chi connectivity index (χ3n) is 11.9. The van der Waals surface area contributed by atoms with Crippen LogP contribution < -0.4 is 20.3 Å². The van der Waals surface area contributed by atoms with E-state index in [2.05, 4.69) is 45.8 Å². The number of anilines is 2. The highest BCUT2D eigenvalue weighted by atomic mass is 32.2. The van der Waals surface area contributed by atoms with Crippen molar-refractivity contribution in [2.75, 3.05) is 88.1 Å². The van der Waals surface area contributed by atoms with Crippen LogP contribution in [0.25, 0.3) is 0 Å². The minimum Gasteiger partial charge on any atom is -0.380 e. The molecule has 2 heterocycles. The van der Waals surface area contributed by atoms with Crippen LogP contribution >= 0.6 is 11.8 Å². The Balaban J connectivity index is 1.13. The maximum absolute atomic E-state index is 14.2. The summed E-state index contributed by atoms with van der Waals surface area (Å²) in [6.45, 7) is 15.8. The molecule has 3 aromatic rings. The van der Waals surface area contributed by atoms with Crippen LogP contribution in [0.1, 0.15) is 56.3 Å². The number of nitrogens with zero attached hydrogens (tertiary/aromatic N) is 3. The quantitative estimate of drug-likeness (QED) is 0.0866. The molecule has 0 unspecified atom stereocenters. The SMILES string of the molecule is C=C(CCF)C1=C(CN2CCN(c3ccc(C(=O)NS(=O)(=O)c4ccc(N[C@H](CCN5CCNCC5)CSc5ccccc5)c(S(=O)(=O)C(F)(F)F)c4)cc3)CC2)CCC(C)(C)C1. The molecule has 2 aliphatic heterocycles. The number of halogens is 4. The van der Waals surface area contributed by atoms with Gasteiger partial charge in [0.1, 0.15) is 4.90 Å². The second-order valence-electron chi connectivity index (χ2n) is 17.2. The summed E-state index contributed by atoms with van der Waals surface area (Å²) in [5.41, 5.74) is -1.76. The first kappa shape index (κ1) is 48.5. The van der Waals surface area contributed by atoms with Crippen molar-refractivity contribution >= 4 is 48.9 Å². The summed E-state index contributed by atoms with van der Waals surface area (Å²) in [5, 5.41) is 6.27. The highest BCUT2D eigenvalue weighted by Gasteiger charge is 2.48. The molecule has 0 spiro atoms. The first-order chi connectivity index (χ1) is 29.8. The zero-order valence-electron chi connectivity index (χ0n) is 35.9. The van der Waals surface area contributed by atoms with Crippen LogP contribution in [0.15, 0.2) is 111 Å². The molecule has 6 rings (SSSR count). The zero-order chi connectivity index (χ0) is 45.4. The van der Waals surface area contributed by atoms with E-state index >= 15 is 0 Å². The third kappa shape index (κ3) is 12.9. The van der Waals surface area contributed by atoms with Crippen molar-refractivity contribution in [1.29, 1.82) is 0 Å². The van der Waals surface area contributed by atoms with Gasteiger partial charge in [0.25, 0.3) is 25.8 Å². The summed E-state index contributed by atoms with van der Waals surface area (Å²) < 4.78 is 111. The van der Waals surface area contributed by atoms with E-state index < -0.39 is 59.5 Å². The van der Waals surface area contributed by atoms with Crippen molar-refractivity contribution < 1.29 is 39.2 Å². The van der Waals surface area contributed by atoms with Gasteiger partial charge in [-0.1, -0.05) is 44.2 Å². The fourth-order valence-electron chi connectivity index (χ4n) is 8.18. The average molecular weight is 935 g/mol. The van der Waals surface area contributed by atoms with Gasteiger partial charge in [0.15, 0.2) is 0 Å². The number of hydrogen-bond acceptors (Lipinski definition) is 11. The molecule has 0 saturated carbocycles. The van der Waals surface area contributed by atoms with E-state index in [1.165, 1.54) is 35.0 Å². The maximum atomic E-state index is 14.2. The number of thioether (sulfide) groups is 1. The number of amides is 1. The average Bonchev–Trinajstić information content (AvgIpc) is 3.25. The van der Waals surface area contributed by atoms with E-state index in [0.29, 0.717) is 44.3 Å². The summed E-state index contributed by atoms with van der Waals surface area (Å²) in [4.78, 5) is 18.9. The van der Waals surface area contributed by atoms with Crippen LogP contribution in [-0.4, -0.2) is 122 Å². The highest BCUT2D eigenvalue weighted by molar-refractivity contribution is 7.99. The van der Waals surface area contributed by atoms with Crippen LogP contribution in [0, 0.1) is 5.41 Å². The summed E-state index contributed by atoms with van der Waals surface area (Å²) >= 11 is 1.46. The summed E-state index contributed by atoms with van der Waals surface area (Å²) in [6.07, 6.45) is 3.72. The van der Waals surface area contributed by atoms with Crippen molar-refractivity contribution in [2.45, 2.75) is 72.2 Å². The largest absolute Gasteiger partial charge is 0.501 e. The van der Waals surface area contributed by atoms with E-state index in [9.17, 15) is 39.2 Å². The molecular weight excluding hydrogens is 877 g/mol. The molecule has 63 heavy (non-hydrogen) atoms. The van der Waals surface area contributed by atoms with Crippen LogP contribution in [0.2, 0.25) is 0 Å². The molecule has 0 radical (unpaired) electrons. The number of sulfone groups is 1. The Morgan fingerprint density at radius 1 is 0.921 bits per heavy atom. The van der Waals surface area contributed by atoms with E-state index in [0.717, 1.165) is 93.4 Å². The van der Waals surface area contributed by atoms with E-state index in [1.807, 2.05) is 35.1 Å². The molecule has 11 nitrogen and oxygen atoms in total. The van der Waals surface area contributed by atoms with Gasteiger partial charge < -0.3 is 20.4 Å². The number of rotatable bonds is 18. The predicted molar refractivity (Wildman–Crippen MR) is 242 cm³/mol. The number of allylic oxidation sites excluding steroid dienone is 2. The Morgan fingerprint density at radius 2 is 1.60 bits per heavy atom. The summed E-state index contributed by atoms with van der Waals surface area (Å²) in [7, 11) is -10.9. The van der Waals surface area contributed by atoms with E-state index in [4.69, 9.17) is 0 Å². The highest BCUT2D eigenvalue weighted by Crippen LogP contribution is 2.42. The Kier molecular flexibility index (Phi) is 16.1. The normalized spacial score (nSPS) is 18.5. The number of carbonyl (C=O) groups is 1. The Morgan fingerprint density at radius 3 is 2.25 bits per heavy atom. The smallest absolute Gasteiger partial charge is 0.380 e. The molecular formula is C45H58F4N6O5S3. The molecule has 3 aliphatic rings. The number of piperazine rings is 2. The van der Waals surface area contributed by atoms with Gasteiger partial charge in [-0.25, -0.2) is 21.6 Å². The molecule has 1 atom stereocenters. The lowest BCUT2D eigenvalue weighted by molar-refractivity contribution is -0.0435. The van der Waals surface area contributed by atoms with Crippen LogP contribution in [0.4, 0.5) is 28.9 Å². The molecule has 1 amide bonds. The molecule has 344 valence electrons. The van der Waals surface area contributed by atoms with Crippen molar-refractivity contribution in [2.24, 2.45) is 5.41 Å². The van der Waals surface area contributed by atoms with Crippen molar-refractivity contribution in [1.82, 2.24) is 19.8 Å². The standard InChI is InChI=1S/C45H58F4N6O5S3/c1-33(16-19-46)40-30-44(2,3)18-15-35(40)31-54-25-27-55(28-26-54)37-11-9-34(10-12-37)43(56)52-63(59,60)39-13-14-41(42(29-39)62(57,58)45(47,48)49)51-36(17-22-53-23-20-50-21-24-53)32-61-38-7-5-4-6-8-38/h4-14,29,36,50-51H,1,15-28,30-32H2,2-3H3,(H,52,56)/t36-/m1/s1. The number of alkyl halides is 4. The van der Waals surface area contributed by atoms with Crippen LogP contribution in [0.5, 0.6) is 0 Å². The lowest BCUT2D eigenvalue weighted by Gasteiger charge is -2.39. The maximum Gasteiger partial charge on any atom is 0.501 e. The summed E-state index contributed by atoms with van der Waals surface area (Å²) in [5.74, 6) is -0.654. The van der Waals surface area contributed by atoms with Gasteiger partial charge in [0.05, 0.1) is 17.3 Å². The molecule has 2 saturated heterocycles. The van der Waals surface area contributed by atoms with Crippen molar-refractivity contribution in [3.63, 3.8) is 0 Å². The molecule has 0 aromatic heterocycles. The predicted octanol–water partition coefficient (Wildman–Crippen LogP) is 7.51. The second-order valence-corrected chi connectivity index (χ2v) is 21.8. The number of carbonyl (C=O) groups excluding carboxylic acids is 1. The topological polar surface area (TPSA) is 131 Å². The number of sulfonamides is 1. The molecule has 3 aromatic carbocycles. The fraction of sp³-hybridized carbons (Fsp3) is 0.489. The van der Waals surface area contributed by atoms with E-state index in [1.54, 1.807) is 12.1 Å². The van der Waals surface area contributed by atoms with Crippen LogP contribution in [0.3, 0.4) is 0 Å². The fourth-order valence-corrected chi connectivity index (χ4v) is 11.2.